The molecule has 0 spiro atoms. The van der Waals surface area contributed by atoms with Crippen molar-refractivity contribution in [1.82, 2.24) is 5.32 Å². The van der Waals surface area contributed by atoms with Crippen molar-refractivity contribution < 1.29 is 9.90 Å². The van der Waals surface area contributed by atoms with Crippen LogP contribution in [0.15, 0.2) is 21.3 Å². The average molecular weight is 238 g/mol. The summed E-state index contributed by atoms with van der Waals surface area (Å²) < 4.78 is 0.840. The van der Waals surface area contributed by atoms with E-state index in [1.807, 2.05) is 0 Å². The molecule has 5 heteroatoms. The van der Waals surface area contributed by atoms with Crippen LogP contribution in [0.25, 0.3) is 0 Å². The summed E-state index contributed by atoms with van der Waals surface area (Å²) in [7, 11) is 0. The van der Waals surface area contributed by atoms with Crippen LogP contribution in [0.3, 0.4) is 0 Å². The standard InChI is InChI=1S/C6H5BrClNO2/c7-3-1-4(8)5(6(10)11)9-2-3/h1,9H,2H2,(H,10,11). The molecular formula is C6H5BrClNO2. The number of rotatable bonds is 1. The second-order valence-corrected chi connectivity index (χ2v) is 3.40. The highest BCUT2D eigenvalue weighted by Crippen LogP contribution is 2.19. The molecule has 60 valence electrons. The van der Waals surface area contributed by atoms with Crippen LogP contribution in [-0.4, -0.2) is 17.6 Å². The van der Waals surface area contributed by atoms with Gasteiger partial charge in [0.2, 0.25) is 0 Å². The predicted molar refractivity (Wildman–Crippen MR) is 45.5 cm³/mol. The van der Waals surface area contributed by atoms with Crippen molar-refractivity contribution in [3.63, 3.8) is 0 Å². The van der Waals surface area contributed by atoms with E-state index in [9.17, 15) is 4.79 Å². The third-order valence-electron chi connectivity index (χ3n) is 1.17. The molecular weight excluding hydrogens is 233 g/mol. The molecule has 1 heterocycles. The summed E-state index contributed by atoms with van der Waals surface area (Å²) in [6.07, 6.45) is 1.57. The Kier molecular flexibility index (Phi) is 2.57. The van der Waals surface area contributed by atoms with Crippen LogP contribution >= 0.6 is 27.5 Å². The molecule has 0 saturated carbocycles. The summed E-state index contributed by atoms with van der Waals surface area (Å²) in [6, 6.07) is 0. The van der Waals surface area contributed by atoms with Crippen molar-refractivity contribution in [3.05, 3.63) is 21.3 Å². The van der Waals surface area contributed by atoms with E-state index < -0.39 is 5.97 Å². The molecule has 0 saturated heterocycles. The fourth-order valence-corrected chi connectivity index (χ4v) is 1.48. The molecule has 0 amide bonds. The molecule has 0 aromatic heterocycles. The summed E-state index contributed by atoms with van der Waals surface area (Å²) in [6.45, 7) is 0.470. The molecule has 2 N–H and O–H groups in total. The van der Waals surface area contributed by atoms with Gasteiger partial charge in [0, 0.05) is 11.0 Å². The lowest BCUT2D eigenvalue weighted by Crippen LogP contribution is -2.25. The Morgan fingerprint density at radius 2 is 2.45 bits per heavy atom. The lowest BCUT2D eigenvalue weighted by atomic mass is 10.3. The van der Waals surface area contributed by atoms with Gasteiger partial charge in [-0.15, -0.1) is 0 Å². The number of dihydropyridines is 1. The molecule has 0 unspecified atom stereocenters. The number of nitrogens with one attached hydrogen (secondary N) is 1. The first kappa shape index (κ1) is 8.62. The van der Waals surface area contributed by atoms with E-state index >= 15 is 0 Å². The zero-order chi connectivity index (χ0) is 8.43. The van der Waals surface area contributed by atoms with E-state index in [1.165, 1.54) is 0 Å². The van der Waals surface area contributed by atoms with Gasteiger partial charge in [0.15, 0.2) is 0 Å². The van der Waals surface area contributed by atoms with Crippen molar-refractivity contribution in [1.29, 1.82) is 0 Å². The Hall–Kier alpha value is -0.480. The first-order valence-electron chi connectivity index (χ1n) is 2.84. The van der Waals surface area contributed by atoms with Gasteiger partial charge in [0.25, 0.3) is 0 Å². The summed E-state index contributed by atoms with van der Waals surface area (Å²) >= 11 is 8.79. The van der Waals surface area contributed by atoms with E-state index in [0.29, 0.717) is 6.54 Å². The van der Waals surface area contributed by atoms with Gasteiger partial charge in [0.05, 0.1) is 5.03 Å². The van der Waals surface area contributed by atoms with Gasteiger partial charge in [-0.05, 0) is 6.08 Å². The van der Waals surface area contributed by atoms with Crippen molar-refractivity contribution in [2.24, 2.45) is 0 Å². The Bertz CT molecular complexity index is 259. The molecule has 1 aliphatic heterocycles. The van der Waals surface area contributed by atoms with Crippen LogP contribution in [0.4, 0.5) is 0 Å². The molecule has 11 heavy (non-hydrogen) atoms. The smallest absolute Gasteiger partial charge is 0.353 e. The third kappa shape index (κ3) is 1.97. The van der Waals surface area contributed by atoms with Gasteiger partial charge in [-0.1, -0.05) is 27.5 Å². The van der Waals surface area contributed by atoms with Gasteiger partial charge in [-0.3, -0.25) is 0 Å². The van der Waals surface area contributed by atoms with E-state index in [1.54, 1.807) is 6.08 Å². The number of hydrogen-bond acceptors (Lipinski definition) is 2. The SMILES string of the molecule is O=C(O)C1=C(Cl)C=C(Br)CN1. The molecule has 0 aliphatic carbocycles. The normalized spacial score (nSPS) is 17.5. The number of hydrogen-bond donors (Lipinski definition) is 2. The highest BCUT2D eigenvalue weighted by atomic mass is 79.9. The highest BCUT2D eigenvalue weighted by Gasteiger charge is 2.15. The number of carboxylic acids is 1. The maximum absolute atomic E-state index is 10.4. The summed E-state index contributed by atoms with van der Waals surface area (Å²) in [4.78, 5) is 10.4. The monoisotopic (exact) mass is 237 g/mol. The average Bonchev–Trinajstić information content (AvgIpc) is 1.85. The van der Waals surface area contributed by atoms with Gasteiger partial charge >= 0.3 is 5.97 Å². The lowest BCUT2D eigenvalue weighted by molar-refractivity contribution is -0.133. The third-order valence-corrected chi connectivity index (χ3v) is 1.98. The van der Waals surface area contributed by atoms with E-state index in [0.717, 1.165) is 4.48 Å². The van der Waals surface area contributed by atoms with Gasteiger partial charge in [-0.2, -0.15) is 0 Å². The van der Waals surface area contributed by atoms with E-state index in [4.69, 9.17) is 16.7 Å². The largest absolute Gasteiger partial charge is 0.477 e. The Balaban J connectivity index is 2.95. The first-order chi connectivity index (χ1) is 5.11. The summed E-state index contributed by atoms with van der Waals surface area (Å²) in [5.41, 5.74) is 0.0508. The quantitative estimate of drug-likeness (QED) is 0.726. The minimum Gasteiger partial charge on any atom is -0.477 e. The molecule has 1 aliphatic rings. The highest BCUT2D eigenvalue weighted by molar-refractivity contribution is 9.11. The number of carboxylic acid groups (broad SMARTS) is 1. The predicted octanol–water partition coefficient (Wildman–Crippen LogP) is 1.40. The number of allylic oxidation sites excluding steroid dienone is 2. The maximum atomic E-state index is 10.4. The topological polar surface area (TPSA) is 49.3 Å². The molecule has 0 fully saturated rings. The van der Waals surface area contributed by atoms with Crippen molar-refractivity contribution in [2.75, 3.05) is 6.54 Å². The van der Waals surface area contributed by atoms with Gasteiger partial charge in [-0.25, -0.2) is 4.79 Å². The van der Waals surface area contributed by atoms with Gasteiger partial charge < -0.3 is 10.4 Å². The molecule has 0 aromatic carbocycles. The lowest BCUT2D eigenvalue weighted by Gasteiger charge is -2.12. The molecule has 0 radical (unpaired) electrons. The first-order valence-corrected chi connectivity index (χ1v) is 4.01. The van der Waals surface area contributed by atoms with Crippen LogP contribution < -0.4 is 5.32 Å². The molecule has 3 nitrogen and oxygen atoms in total. The summed E-state index contributed by atoms with van der Waals surface area (Å²) in [5, 5.41) is 11.4. The van der Waals surface area contributed by atoms with E-state index in [-0.39, 0.29) is 10.7 Å². The van der Waals surface area contributed by atoms with Crippen LogP contribution in [0.1, 0.15) is 0 Å². The number of aliphatic carboxylic acids is 1. The van der Waals surface area contributed by atoms with Crippen LogP contribution in [0.5, 0.6) is 0 Å². The maximum Gasteiger partial charge on any atom is 0.353 e. The van der Waals surface area contributed by atoms with Gasteiger partial charge in [0.1, 0.15) is 5.70 Å². The van der Waals surface area contributed by atoms with Crippen molar-refractivity contribution in [3.8, 4) is 0 Å². The molecule has 0 atom stereocenters. The van der Waals surface area contributed by atoms with Crippen molar-refractivity contribution >= 4 is 33.5 Å². The second-order valence-electron chi connectivity index (χ2n) is 1.97. The van der Waals surface area contributed by atoms with Crippen LogP contribution in [0, 0.1) is 0 Å². The molecule has 0 bridgehead atoms. The van der Waals surface area contributed by atoms with Crippen LogP contribution in [0.2, 0.25) is 0 Å². The minimum atomic E-state index is -1.04. The van der Waals surface area contributed by atoms with Crippen LogP contribution in [-0.2, 0) is 4.79 Å². The zero-order valence-electron chi connectivity index (χ0n) is 5.40. The summed E-state index contributed by atoms with van der Waals surface area (Å²) in [5.74, 6) is -1.04. The van der Waals surface area contributed by atoms with E-state index in [2.05, 4.69) is 21.2 Å². The zero-order valence-corrected chi connectivity index (χ0v) is 7.74. The molecule has 1 rings (SSSR count). The fourth-order valence-electron chi connectivity index (χ4n) is 0.696. The number of carbonyl (C=O) groups is 1. The fraction of sp³-hybridized carbons (Fsp3) is 0.167. The molecule has 0 aromatic rings. The Morgan fingerprint density at radius 1 is 1.82 bits per heavy atom. The van der Waals surface area contributed by atoms with Crippen molar-refractivity contribution in [2.45, 2.75) is 0 Å². The minimum absolute atomic E-state index is 0.0508. The second kappa shape index (κ2) is 3.28. The number of halogens is 2. The Labute approximate surface area is 76.9 Å². The Morgan fingerprint density at radius 3 is 2.91 bits per heavy atom.